The first kappa shape index (κ1) is 16.5. The van der Waals surface area contributed by atoms with Crippen LogP contribution in [0.5, 0.6) is 5.75 Å². The molecule has 0 aliphatic rings. The van der Waals surface area contributed by atoms with Crippen LogP contribution >= 0.6 is 0 Å². The Balaban J connectivity index is 1.99. The fourth-order valence-electron chi connectivity index (χ4n) is 2.36. The average molecular weight is 333 g/mol. The zero-order valence-electron chi connectivity index (χ0n) is 13.3. The molecule has 3 aromatic carbocycles. The maximum atomic E-state index is 13.2. The Kier molecular flexibility index (Phi) is 4.90. The molecular weight excluding hydrogens is 317 g/mol. The summed E-state index contributed by atoms with van der Waals surface area (Å²) >= 11 is 0. The van der Waals surface area contributed by atoms with E-state index in [9.17, 15) is 14.3 Å². The number of benzene rings is 3. The van der Waals surface area contributed by atoms with Crippen LogP contribution in [-0.4, -0.2) is 10.9 Å². The normalized spacial score (nSPS) is 11.2. The van der Waals surface area contributed by atoms with E-state index in [4.69, 9.17) is 0 Å². The first-order valence-electron chi connectivity index (χ1n) is 7.75. The lowest BCUT2D eigenvalue weighted by molar-refractivity contribution is 0.104. The molecule has 0 heterocycles. The molecule has 0 radical (unpaired) electrons. The van der Waals surface area contributed by atoms with Gasteiger partial charge in [-0.05, 0) is 42.0 Å². The molecule has 25 heavy (non-hydrogen) atoms. The monoisotopic (exact) mass is 333 g/mol. The topological polar surface area (TPSA) is 49.3 Å². The van der Waals surface area contributed by atoms with Crippen LogP contribution in [0.1, 0.15) is 15.9 Å². The molecule has 2 N–H and O–H groups in total. The Labute approximate surface area is 145 Å². The predicted molar refractivity (Wildman–Crippen MR) is 96.9 cm³/mol. The zero-order valence-corrected chi connectivity index (χ0v) is 13.3. The molecule has 0 fully saturated rings. The largest absolute Gasteiger partial charge is 0.506 e. The molecule has 0 atom stereocenters. The van der Waals surface area contributed by atoms with Gasteiger partial charge < -0.3 is 10.4 Å². The smallest absolute Gasteiger partial charge is 0.187 e. The lowest BCUT2D eigenvalue weighted by Crippen LogP contribution is -2.04. The fraction of sp³-hybridized carbons (Fsp3) is 0. The van der Waals surface area contributed by atoms with Crippen LogP contribution in [0.3, 0.4) is 0 Å². The minimum Gasteiger partial charge on any atom is -0.506 e. The van der Waals surface area contributed by atoms with Gasteiger partial charge in [0.1, 0.15) is 11.6 Å². The highest BCUT2D eigenvalue weighted by molar-refractivity contribution is 6.09. The van der Waals surface area contributed by atoms with Crippen LogP contribution in [0.4, 0.5) is 10.1 Å². The van der Waals surface area contributed by atoms with Crippen LogP contribution in [0.2, 0.25) is 0 Å². The van der Waals surface area contributed by atoms with Gasteiger partial charge in [-0.2, -0.15) is 0 Å². The number of rotatable bonds is 5. The van der Waals surface area contributed by atoms with Gasteiger partial charge in [0.2, 0.25) is 0 Å². The van der Waals surface area contributed by atoms with Gasteiger partial charge >= 0.3 is 0 Å². The highest BCUT2D eigenvalue weighted by atomic mass is 19.1. The average Bonchev–Trinajstić information content (AvgIpc) is 2.64. The summed E-state index contributed by atoms with van der Waals surface area (Å²) in [4.78, 5) is 12.5. The summed E-state index contributed by atoms with van der Waals surface area (Å²) < 4.78 is 13.2. The number of halogens is 1. The summed E-state index contributed by atoms with van der Waals surface area (Å²) in [6.45, 7) is 0. The second-order valence-corrected chi connectivity index (χ2v) is 5.44. The third-order valence-electron chi connectivity index (χ3n) is 3.66. The van der Waals surface area contributed by atoms with Gasteiger partial charge in [0.05, 0.1) is 5.69 Å². The molecule has 3 rings (SSSR count). The number of phenolic OH excluding ortho intramolecular Hbond substituents is 1. The molecule has 0 saturated heterocycles. The van der Waals surface area contributed by atoms with E-state index < -0.39 is 0 Å². The van der Waals surface area contributed by atoms with Gasteiger partial charge in [0.15, 0.2) is 5.78 Å². The molecule has 3 nitrogen and oxygen atoms in total. The molecule has 0 bridgehead atoms. The number of allylic oxidation sites excluding steroid dienone is 1. The van der Waals surface area contributed by atoms with Gasteiger partial charge in [-0.15, -0.1) is 0 Å². The number of para-hydroxylation sites is 2. The van der Waals surface area contributed by atoms with E-state index in [2.05, 4.69) is 5.32 Å². The molecule has 4 heteroatoms. The molecule has 0 spiro atoms. The van der Waals surface area contributed by atoms with E-state index in [1.807, 2.05) is 6.07 Å². The highest BCUT2D eigenvalue weighted by Gasteiger charge is 2.09. The van der Waals surface area contributed by atoms with Gasteiger partial charge in [-0.1, -0.05) is 42.5 Å². The van der Waals surface area contributed by atoms with Crippen molar-refractivity contribution in [2.45, 2.75) is 0 Å². The van der Waals surface area contributed by atoms with Crippen molar-refractivity contribution in [2.24, 2.45) is 0 Å². The van der Waals surface area contributed by atoms with Gasteiger partial charge in [0.25, 0.3) is 0 Å². The van der Waals surface area contributed by atoms with Crippen molar-refractivity contribution in [1.82, 2.24) is 0 Å². The SMILES string of the molecule is O=C(/C=C(\Nc1ccccc1O)c1ccc(F)cc1)c1ccccc1. The van der Waals surface area contributed by atoms with Gasteiger partial charge in [-0.25, -0.2) is 4.39 Å². The van der Waals surface area contributed by atoms with Crippen molar-refractivity contribution >= 4 is 17.2 Å². The lowest BCUT2D eigenvalue weighted by atomic mass is 10.1. The van der Waals surface area contributed by atoms with E-state index >= 15 is 0 Å². The third kappa shape index (κ3) is 4.12. The maximum absolute atomic E-state index is 13.2. The summed E-state index contributed by atoms with van der Waals surface area (Å²) in [6.07, 6.45) is 1.44. The molecule has 3 aromatic rings. The van der Waals surface area contributed by atoms with Crippen molar-refractivity contribution in [3.63, 3.8) is 0 Å². The van der Waals surface area contributed by atoms with E-state index in [0.717, 1.165) is 0 Å². The number of ketones is 1. The summed E-state index contributed by atoms with van der Waals surface area (Å²) in [6, 6.07) is 21.4. The second kappa shape index (κ2) is 7.45. The minimum absolute atomic E-state index is 0.0580. The molecule has 0 aromatic heterocycles. The number of anilines is 1. The van der Waals surface area contributed by atoms with Gasteiger partial charge in [0, 0.05) is 17.3 Å². The quantitative estimate of drug-likeness (QED) is 0.398. The third-order valence-corrected chi connectivity index (χ3v) is 3.66. The summed E-state index contributed by atoms with van der Waals surface area (Å²) in [5, 5.41) is 13.0. The molecular formula is C21H16FNO2. The Morgan fingerprint density at radius 1 is 0.840 bits per heavy atom. The maximum Gasteiger partial charge on any atom is 0.187 e. The number of hydrogen-bond acceptors (Lipinski definition) is 3. The molecule has 124 valence electrons. The number of carbonyl (C=O) groups excluding carboxylic acids is 1. The highest BCUT2D eigenvalue weighted by Crippen LogP contribution is 2.27. The molecule has 0 aliphatic carbocycles. The summed E-state index contributed by atoms with van der Waals surface area (Å²) in [5.74, 6) is -0.495. The van der Waals surface area contributed by atoms with Crippen molar-refractivity contribution in [2.75, 3.05) is 5.32 Å². The number of aromatic hydroxyl groups is 1. The predicted octanol–water partition coefficient (Wildman–Crippen LogP) is 4.87. The number of phenols is 1. The molecule has 0 aliphatic heterocycles. The van der Waals surface area contributed by atoms with Crippen LogP contribution < -0.4 is 5.32 Å². The van der Waals surface area contributed by atoms with Crippen LogP contribution in [0.25, 0.3) is 5.70 Å². The van der Waals surface area contributed by atoms with E-state index in [0.29, 0.717) is 22.5 Å². The van der Waals surface area contributed by atoms with Gasteiger partial charge in [-0.3, -0.25) is 4.79 Å². The van der Waals surface area contributed by atoms with E-state index in [-0.39, 0.29) is 17.3 Å². The summed E-state index contributed by atoms with van der Waals surface area (Å²) in [5.41, 5.74) is 2.10. The van der Waals surface area contributed by atoms with Crippen molar-refractivity contribution in [1.29, 1.82) is 0 Å². The molecule has 0 unspecified atom stereocenters. The molecule has 0 amide bonds. The fourth-order valence-corrected chi connectivity index (χ4v) is 2.36. The second-order valence-electron chi connectivity index (χ2n) is 5.44. The Bertz CT molecular complexity index is 903. The van der Waals surface area contributed by atoms with E-state index in [1.165, 1.54) is 18.2 Å². The van der Waals surface area contributed by atoms with Crippen LogP contribution in [0.15, 0.2) is 84.9 Å². The zero-order chi connectivity index (χ0) is 17.6. The standard InChI is InChI=1S/C21H16FNO2/c22-17-12-10-15(11-13-17)19(23-18-8-4-5-9-20(18)24)14-21(25)16-6-2-1-3-7-16/h1-14,23-24H/b19-14-. The first-order chi connectivity index (χ1) is 12.1. The number of carbonyl (C=O) groups is 1. The Morgan fingerprint density at radius 2 is 1.48 bits per heavy atom. The van der Waals surface area contributed by atoms with Crippen molar-refractivity contribution < 1.29 is 14.3 Å². The lowest BCUT2D eigenvalue weighted by Gasteiger charge is -2.13. The molecule has 0 saturated carbocycles. The first-order valence-corrected chi connectivity index (χ1v) is 7.75. The number of nitrogens with one attached hydrogen (secondary N) is 1. The summed E-state index contributed by atoms with van der Waals surface area (Å²) in [7, 11) is 0. The minimum atomic E-state index is -0.361. The van der Waals surface area contributed by atoms with Crippen molar-refractivity contribution in [3.05, 3.63) is 102 Å². The Morgan fingerprint density at radius 3 is 2.16 bits per heavy atom. The van der Waals surface area contributed by atoms with Crippen molar-refractivity contribution in [3.8, 4) is 5.75 Å². The van der Waals surface area contributed by atoms with E-state index in [1.54, 1.807) is 60.7 Å². The van der Waals surface area contributed by atoms with Crippen LogP contribution in [0, 0.1) is 5.82 Å². The van der Waals surface area contributed by atoms with Crippen LogP contribution in [-0.2, 0) is 0 Å². The number of hydrogen-bond donors (Lipinski definition) is 2. The Hall–Kier alpha value is -3.40.